The molecule has 1 atom stereocenters. The number of carbonyl (C=O) groups excluding carboxylic acids is 1. The van der Waals surface area contributed by atoms with Crippen LogP contribution < -0.4 is 5.32 Å². The van der Waals surface area contributed by atoms with E-state index in [2.05, 4.69) is 16.5 Å². The first-order valence-corrected chi connectivity index (χ1v) is 9.78. The lowest BCUT2D eigenvalue weighted by Crippen LogP contribution is -2.29. The molecular formula is C23H25N3O2. The minimum Gasteiger partial charge on any atom is -0.356 e. The molecule has 5 nitrogen and oxygen atoms in total. The Bertz CT molecular complexity index is 930. The van der Waals surface area contributed by atoms with Crippen LogP contribution in [-0.2, 0) is 6.54 Å². The summed E-state index contributed by atoms with van der Waals surface area (Å²) in [4.78, 5) is 14.6. The van der Waals surface area contributed by atoms with E-state index in [1.807, 2.05) is 54.6 Å². The number of carbonyl (C=O) groups is 1. The van der Waals surface area contributed by atoms with Crippen LogP contribution in [-0.4, -0.2) is 36.1 Å². The Balaban J connectivity index is 1.44. The van der Waals surface area contributed by atoms with Crippen molar-refractivity contribution in [2.24, 2.45) is 0 Å². The molecule has 3 aromatic rings. The van der Waals surface area contributed by atoms with Gasteiger partial charge in [-0.05, 0) is 43.0 Å². The van der Waals surface area contributed by atoms with E-state index in [9.17, 15) is 4.79 Å². The van der Waals surface area contributed by atoms with E-state index in [0.717, 1.165) is 29.9 Å². The summed E-state index contributed by atoms with van der Waals surface area (Å²) < 4.78 is 5.44. The molecule has 28 heavy (non-hydrogen) atoms. The van der Waals surface area contributed by atoms with Gasteiger partial charge in [-0.1, -0.05) is 47.6 Å². The maximum atomic E-state index is 12.9. The Labute approximate surface area is 165 Å². The lowest BCUT2D eigenvalue weighted by atomic mass is 9.90. The van der Waals surface area contributed by atoms with E-state index < -0.39 is 0 Å². The van der Waals surface area contributed by atoms with Gasteiger partial charge < -0.3 is 14.7 Å². The minimum atomic E-state index is -0.00474. The van der Waals surface area contributed by atoms with Crippen molar-refractivity contribution in [3.8, 4) is 11.3 Å². The maximum absolute atomic E-state index is 12.9. The summed E-state index contributed by atoms with van der Waals surface area (Å²) in [5.41, 5.74) is 3.67. The van der Waals surface area contributed by atoms with Crippen molar-refractivity contribution in [1.82, 2.24) is 15.4 Å². The second-order valence-corrected chi connectivity index (χ2v) is 7.38. The van der Waals surface area contributed by atoms with Crippen LogP contribution in [0, 0.1) is 0 Å². The van der Waals surface area contributed by atoms with Crippen molar-refractivity contribution in [1.29, 1.82) is 0 Å². The molecular weight excluding hydrogens is 350 g/mol. The summed E-state index contributed by atoms with van der Waals surface area (Å²) in [6, 6.07) is 19.8. The molecule has 0 bridgehead atoms. The van der Waals surface area contributed by atoms with Crippen molar-refractivity contribution in [3.63, 3.8) is 0 Å². The molecule has 1 aromatic heterocycles. The van der Waals surface area contributed by atoms with E-state index in [1.165, 1.54) is 18.4 Å². The summed E-state index contributed by atoms with van der Waals surface area (Å²) >= 11 is 0. The van der Waals surface area contributed by atoms with Gasteiger partial charge in [0.1, 0.15) is 5.69 Å². The molecule has 1 N–H and O–H groups in total. The first kappa shape index (κ1) is 18.4. The Hall–Kier alpha value is -2.92. The fourth-order valence-electron chi connectivity index (χ4n) is 3.72. The Morgan fingerprint density at radius 3 is 2.82 bits per heavy atom. The summed E-state index contributed by atoms with van der Waals surface area (Å²) in [7, 11) is 1.80. The number of amides is 1. The molecule has 0 radical (unpaired) electrons. The average Bonchev–Trinajstić information content (AvgIpc) is 3.23. The predicted octanol–water partition coefficient (Wildman–Crippen LogP) is 4.08. The van der Waals surface area contributed by atoms with Crippen LogP contribution in [0.4, 0.5) is 0 Å². The third-order valence-corrected chi connectivity index (χ3v) is 5.26. The van der Waals surface area contributed by atoms with E-state index in [-0.39, 0.29) is 5.91 Å². The Morgan fingerprint density at radius 2 is 2.04 bits per heavy atom. The molecule has 5 heteroatoms. The van der Waals surface area contributed by atoms with Gasteiger partial charge >= 0.3 is 0 Å². The Kier molecular flexibility index (Phi) is 5.53. The number of benzene rings is 2. The average molecular weight is 375 g/mol. The SMILES string of the molecule is CN(Cc1cc(-c2ccccc2)on1)C(=O)c1cccc(C2CCCNC2)c1. The summed E-state index contributed by atoms with van der Waals surface area (Å²) in [6.07, 6.45) is 2.35. The van der Waals surface area contributed by atoms with Gasteiger partial charge in [0.25, 0.3) is 5.91 Å². The highest BCUT2D eigenvalue weighted by Crippen LogP contribution is 2.25. The number of piperidine rings is 1. The monoisotopic (exact) mass is 375 g/mol. The van der Waals surface area contributed by atoms with E-state index in [0.29, 0.717) is 18.2 Å². The van der Waals surface area contributed by atoms with Gasteiger partial charge in [-0.3, -0.25) is 4.79 Å². The molecule has 144 valence electrons. The zero-order valence-corrected chi connectivity index (χ0v) is 16.1. The van der Waals surface area contributed by atoms with Crippen molar-refractivity contribution in [3.05, 3.63) is 77.5 Å². The predicted molar refractivity (Wildman–Crippen MR) is 109 cm³/mol. The summed E-state index contributed by atoms with van der Waals surface area (Å²) in [5.74, 6) is 1.19. The van der Waals surface area contributed by atoms with Crippen molar-refractivity contribution >= 4 is 5.91 Å². The second kappa shape index (κ2) is 8.40. The van der Waals surface area contributed by atoms with Gasteiger partial charge in [-0.15, -0.1) is 0 Å². The lowest BCUT2D eigenvalue weighted by Gasteiger charge is -2.24. The molecule has 1 saturated heterocycles. The zero-order valence-electron chi connectivity index (χ0n) is 16.1. The van der Waals surface area contributed by atoms with Crippen LogP contribution in [0.25, 0.3) is 11.3 Å². The van der Waals surface area contributed by atoms with E-state index in [1.54, 1.807) is 11.9 Å². The highest BCUT2D eigenvalue weighted by Gasteiger charge is 2.19. The zero-order chi connectivity index (χ0) is 19.3. The van der Waals surface area contributed by atoms with Gasteiger partial charge in [0.15, 0.2) is 5.76 Å². The van der Waals surface area contributed by atoms with Crippen LogP contribution in [0.3, 0.4) is 0 Å². The minimum absolute atomic E-state index is 0.00474. The Morgan fingerprint density at radius 1 is 1.18 bits per heavy atom. The highest BCUT2D eigenvalue weighted by atomic mass is 16.5. The molecule has 0 saturated carbocycles. The van der Waals surface area contributed by atoms with Gasteiger partial charge in [0, 0.05) is 30.8 Å². The molecule has 1 aliphatic rings. The molecule has 1 fully saturated rings. The van der Waals surface area contributed by atoms with Crippen LogP contribution in [0.5, 0.6) is 0 Å². The normalized spacial score (nSPS) is 16.7. The van der Waals surface area contributed by atoms with E-state index >= 15 is 0 Å². The smallest absolute Gasteiger partial charge is 0.253 e. The quantitative estimate of drug-likeness (QED) is 0.730. The molecule has 2 heterocycles. The van der Waals surface area contributed by atoms with Crippen molar-refractivity contribution in [2.45, 2.75) is 25.3 Å². The van der Waals surface area contributed by atoms with Gasteiger partial charge in [0.2, 0.25) is 0 Å². The van der Waals surface area contributed by atoms with Gasteiger partial charge in [-0.2, -0.15) is 0 Å². The summed E-state index contributed by atoms with van der Waals surface area (Å²) in [5, 5.41) is 7.56. The molecule has 0 aliphatic carbocycles. The number of rotatable bonds is 5. The van der Waals surface area contributed by atoms with Crippen molar-refractivity contribution < 1.29 is 9.32 Å². The number of hydrogen-bond acceptors (Lipinski definition) is 4. The number of nitrogens with one attached hydrogen (secondary N) is 1. The first-order chi connectivity index (χ1) is 13.7. The highest BCUT2D eigenvalue weighted by molar-refractivity contribution is 5.94. The number of hydrogen-bond donors (Lipinski definition) is 1. The summed E-state index contributed by atoms with van der Waals surface area (Å²) in [6.45, 7) is 2.47. The number of nitrogens with zero attached hydrogens (tertiary/aromatic N) is 2. The molecule has 2 aromatic carbocycles. The third-order valence-electron chi connectivity index (χ3n) is 5.26. The largest absolute Gasteiger partial charge is 0.356 e. The maximum Gasteiger partial charge on any atom is 0.253 e. The van der Waals surface area contributed by atoms with Gasteiger partial charge in [0.05, 0.1) is 6.54 Å². The molecule has 1 unspecified atom stereocenters. The fourth-order valence-corrected chi connectivity index (χ4v) is 3.72. The van der Waals surface area contributed by atoms with Crippen LogP contribution in [0.15, 0.2) is 65.2 Å². The third kappa shape index (κ3) is 4.15. The lowest BCUT2D eigenvalue weighted by molar-refractivity contribution is 0.0782. The van der Waals surface area contributed by atoms with E-state index in [4.69, 9.17) is 4.52 Å². The second-order valence-electron chi connectivity index (χ2n) is 7.38. The van der Waals surface area contributed by atoms with Crippen LogP contribution in [0.2, 0.25) is 0 Å². The van der Waals surface area contributed by atoms with Crippen LogP contribution >= 0.6 is 0 Å². The first-order valence-electron chi connectivity index (χ1n) is 9.78. The topological polar surface area (TPSA) is 58.4 Å². The molecule has 4 rings (SSSR count). The molecule has 1 aliphatic heterocycles. The van der Waals surface area contributed by atoms with Crippen molar-refractivity contribution in [2.75, 3.05) is 20.1 Å². The number of aromatic nitrogens is 1. The molecule has 1 amide bonds. The molecule has 0 spiro atoms. The fraction of sp³-hybridized carbons (Fsp3) is 0.304. The van der Waals surface area contributed by atoms with Gasteiger partial charge in [-0.25, -0.2) is 0 Å². The van der Waals surface area contributed by atoms with Crippen LogP contribution in [0.1, 0.15) is 40.4 Å². The standard InChI is InChI=1S/C23H25N3O2/c1-26(16-21-14-22(28-25-21)17-7-3-2-4-8-17)23(27)19-10-5-9-18(13-19)20-11-6-12-24-15-20/h2-5,7-10,13-14,20,24H,6,11-12,15-16H2,1H3.